The Morgan fingerprint density at radius 3 is 2.75 bits per heavy atom. The normalized spacial score (nSPS) is 16.5. The molecule has 0 unspecified atom stereocenters. The molecule has 1 fully saturated rings. The van der Waals surface area contributed by atoms with Crippen molar-refractivity contribution < 1.29 is 19.6 Å². The van der Waals surface area contributed by atoms with E-state index in [9.17, 15) is 20.0 Å². The maximum atomic E-state index is 12.2. The molecule has 8 nitrogen and oxygen atoms in total. The van der Waals surface area contributed by atoms with Gasteiger partial charge in [0.2, 0.25) is 5.75 Å². The number of phenolic OH excluding ortho intramolecular Hbond substituents is 1. The lowest BCUT2D eigenvalue weighted by molar-refractivity contribution is -0.386. The van der Waals surface area contributed by atoms with Crippen molar-refractivity contribution in [1.82, 2.24) is 5.32 Å². The number of aromatic hydroxyl groups is 1. The van der Waals surface area contributed by atoms with Crippen LogP contribution in [0.2, 0.25) is 5.02 Å². The SMILES string of the molecule is COc1cc(C=C2SC(=Nc3ccc(C)c(Cl)c3)NC2=O)cc([N+](=O)[O-])c1O. The third kappa shape index (κ3) is 4.10. The minimum atomic E-state index is -0.726. The van der Waals surface area contributed by atoms with Gasteiger partial charge in [0, 0.05) is 11.1 Å². The Morgan fingerprint density at radius 2 is 2.11 bits per heavy atom. The minimum Gasteiger partial charge on any atom is -0.500 e. The van der Waals surface area contributed by atoms with Crippen LogP contribution < -0.4 is 10.1 Å². The highest BCUT2D eigenvalue weighted by molar-refractivity contribution is 8.18. The summed E-state index contributed by atoms with van der Waals surface area (Å²) in [6, 6.07) is 7.84. The molecule has 2 aromatic rings. The summed E-state index contributed by atoms with van der Waals surface area (Å²) in [5.74, 6) is -1.03. The largest absolute Gasteiger partial charge is 0.500 e. The Labute approximate surface area is 169 Å². The van der Waals surface area contributed by atoms with Crippen molar-refractivity contribution in [3.8, 4) is 11.5 Å². The Balaban J connectivity index is 1.92. The molecule has 0 radical (unpaired) electrons. The summed E-state index contributed by atoms with van der Waals surface area (Å²) < 4.78 is 4.96. The van der Waals surface area contributed by atoms with E-state index in [1.54, 1.807) is 12.1 Å². The number of nitro benzene ring substituents is 1. The van der Waals surface area contributed by atoms with E-state index in [1.807, 2.05) is 13.0 Å². The van der Waals surface area contributed by atoms with Crippen LogP contribution in [0, 0.1) is 17.0 Å². The van der Waals surface area contributed by atoms with Gasteiger partial charge >= 0.3 is 5.69 Å². The van der Waals surface area contributed by atoms with E-state index in [0.717, 1.165) is 23.4 Å². The van der Waals surface area contributed by atoms with E-state index in [4.69, 9.17) is 16.3 Å². The maximum absolute atomic E-state index is 12.2. The number of aliphatic imine (C=N–C) groups is 1. The number of halogens is 1. The topological polar surface area (TPSA) is 114 Å². The third-order valence-corrected chi connectivity index (χ3v) is 5.15. The number of hydrogen-bond donors (Lipinski definition) is 2. The van der Waals surface area contributed by atoms with Crippen molar-refractivity contribution in [1.29, 1.82) is 0 Å². The van der Waals surface area contributed by atoms with E-state index >= 15 is 0 Å². The van der Waals surface area contributed by atoms with Crippen LogP contribution in [0.5, 0.6) is 11.5 Å². The van der Waals surface area contributed by atoms with Crippen molar-refractivity contribution in [2.45, 2.75) is 6.92 Å². The second kappa shape index (κ2) is 7.91. The summed E-state index contributed by atoms with van der Waals surface area (Å²) in [6.45, 7) is 1.87. The molecule has 0 spiro atoms. The summed E-state index contributed by atoms with van der Waals surface area (Å²) in [7, 11) is 1.28. The van der Waals surface area contributed by atoms with Gasteiger partial charge in [0.15, 0.2) is 10.9 Å². The summed E-state index contributed by atoms with van der Waals surface area (Å²) in [4.78, 5) is 27.2. The fraction of sp³-hybridized carbons (Fsp3) is 0.111. The smallest absolute Gasteiger partial charge is 0.315 e. The first-order valence-corrected chi connectivity index (χ1v) is 9.09. The number of thioether (sulfide) groups is 1. The lowest BCUT2D eigenvalue weighted by atomic mass is 10.1. The molecule has 0 bridgehead atoms. The average molecular weight is 420 g/mol. The lowest BCUT2D eigenvalue weighted by Crippen LogP contribution is -2.19. The molecule has 144 valence electrons. The number of carbonyl (C=O) groups is 1. The molecular formula is C18H14ClN3O5S. The molecule has 2 aromatic carbocycles. The molecule has 1 amide bonds. The van der Waals surface area contributed by atoms with Gasteiger partial charge in [0.05, 0.1) is 22.6 Å². The summed E-state index contributed by atoms with van der Waals surface area (Å²) >= 11 is 7.17. The zero-order valence-corrected chi connectivity index (χ0v) is 16.3. The number of phenols is 1. The second-order valence-electron chi connectivity index (χ2n) is 5.76. The maximum Gasteiger partial charge on any atom is 0.315 e. The Kier molecular flexibility index (Phi) is 5.57. The molecule has 3 rings (SSSR count). The number of benzene rings is 2. The van der Waals surface area contributed by atoms with E-state index in [-0.39, 0.29) is 5.75 Å². The molecule has 2 N–H and O–H groups in total. The first kappa shape index (κ1) is 19.7. The van der Waals surface area contributed by atoms with Gasteiger partial charge in [0.1, 0.15) is 0 Å². The van der Waals surface area contributed by atoms with Crippen LogP contribution in [0.15, 0.2) is 40.2 Å². The van der Waals surface area contributed by atoms with Gasteiger partial charge in [-0.2, -0.15) is 0 Å². The number of amidine groups is 1. The number of hydrogen-bond acceptors (Lipinski definition) is 7. The molecular weight excluding hydrogens is 406 g/mol. The van der Waals surface area contributed by atoms with Crippen LogP contribution in [0.25, 0.3) is 6.08 Å². The number of amides is 1. The van der Waals surface area contributed by atoms with Crippen LogP contribution in [-0.4, -0.2) is 28.2 Å². The molecule has 1 heterocycles. The lowest BCUT2D eigenvalue weighted by Gasteiger charge is -2.05. The van der Waals surface area contributed by atoms with Crippen LogP contribution in [-0.2, 0) is 4.79 Å². The zero-order chi connectivity index (χ0) is 20.4. The van der Waals surface area contributed by atoms with Gasteiger partial charge in [-0.05, 0) is 54.1 Å². The number of ether oxygens (including phenoxy) is 1. The zero-order valence-electron chi connectivity index (χ0n) is 14.7. The monoisotopic (exact) mass is 419 g/mol. The third-order valence-electron chi connectivity index (χ3n) is 3.83. The molecule has 1 aliphatic heterocycles. The molecule has 28 heavy (non-hydrogen) atoms. The molecule has 1 saturated heterocycles. The number of aryl methyl sites for hydroxylation is 1. The molecule has 0 saturated carbocycles. The van der Waals surface area contributed by atoms with Crippen molar-refractivity contribution >= 4 is 51.9 Å². The number of nitro groups is 1. The highest BCUT2D eigenvalue weighted by Crippen LogP contribution is 2.38. The number of carbonyl (C=O) groups excluding carboxylic acids is 1. The van der Waals surface area contributed by atoms with Crippen molar-refractivity contribution in [3.63, 3.8) is 0 Å². The molecule has 1 aliphatic rings. The Bertz CT molecular complexity index is 1050. The molecule has 0 aromatic heterocycles. The van der Waals surface area contributed by atoms with Crippen molar-refractivity contribution in [2.24, 2.45) is 4.99 Å². The predicted octanol–water partition coefficient (Wildman–Crippen LogP) is 4.16. The van der Waals surface area contributed by atoms with Gasteiger partial charge < -0.3 is 15.2 Å². The summed E-state index contributed by atoms with van der Waals surface area (Å²) in [6.07, 6.45) is 1.46. The van der Waals surface area contributed by atoms with Crippen molar-refractivity contribution in [3.05, 3.63) is 61.5 Å². The molecule has 10 heteroatoms. The summed E-state index contributed by atoms with van der Waals surface area (Å²) in [5, 5.41) is 24.5. The van der Waals surface area contributed by atoms with Crippen LogP contribution in [0.3, 0.4) is 0 Å². The first-order chi connectivity index (χ1) is 13.3. The first-order valence-electron chi connectivity index (χ1n) is 7.89. The van der Waals surface area contributed by atoms with Gasteiger partial charge in [-0.15, -0.1) is 0 Å². The molecule has 0 atom stereocenters. The number of methoxy groups -OCH3 is 1. The quantitative estimate of drug-likeness (QED) is 0.437. The Morgan fingerprint density at radius 1 is 1.36 bits per heavy atom. The predicted molar refractivity (Wildman–Crippen MR) is 108 cm³/mol. The van der Waals surface area contributed by atoms with Gasteiger partial charge in [-0.1, -0.05) is 17.7 Å². The van der Waals surface area contributed by atoms with E-state index in [0.29, 0.717) is 26.3 Å². The van der Waals surface area contributed by atoms with E-state index in [2.05, 4.69) is 10.3 Å². The van der Waals surface area contributed by atoms with Crippen LogP contribution in [0.1, 0.15) is 11.1 Å². The van der Waals surface area contributed by atoms with Gasteiger partial charge in [0.25, 0.3) is 5.91 Å². The number of nitrogens with one attached hydrogen (secondary N) is 1. The number of nitrogens with zero attached hydrogens (tertiary/aromatic N) is 2. The highest BCUT2D eigenvalue weighted by atomic mass is 35.5. The van der Waals surface area contributed by atoms with E-state index < -0.39 is 22.3 Å². The fourth-order valence-electron chi connectivity index (χ4n) is 2.39. The van der Waals surface area contributed by atoms with Gasteiger partial charge in [-0.25, -0.2) is 4.99 Å². The molecule has 0 aliphatic carbocycles. The van der Waals surface area contributed by atoms with Gasteiger partial charge in [-0.3, -0.25) is 14.9 Å². The highest BCUT2D eigenvalue weighted by Gasteiger charge is 2.25. The van der Waals surface area contributed by atoms with Crippen LogP contribution in [0.4, 0.5) is 11.4 Å². The second-order valence-corrected chi connectivity index (χ2v) is 7.20. The standard InChI is InChI=1S/C18H14ClN3O5S/c1-9-3-4-11(8-12(9)19)20-18-21-17(24)15(28-18)7-10-5-13(22(25)26)16(23)14(6-10)27-2/h3-8,23H,1-2H3,(H,20,21,24). The Hall–Kier alpha value is -3.04. The fourth-order valence-corrected chi connectivity index (χ4v) is 3.41. The number of rotatable bonds is 4. The summed E-state index contributed by atoms with van der Waals surface area (Å²) in [5.41, 5.74) is 1.31. The average Bonchev–Trinajstić information content (AvgIpc) is 2.98. The van der Waals surface area contributed by atoms with E-state index in [1.165, 1.54) is 19.3 Å². The van der Waals surface area contributed by atoms with Crippen LogP contribution >= 0.6 is 23.4 Å². The van der Waals surface area contributed by atoms with Crippen molar-refractivity contribution in [2.75, 3.05) is 7.11 Å². The minimum absolute atomic E-state index is 0.0624.